The van der Waals surface area contributed by atoms with Crippen LogP contribution in [0.1, 0.15) is 30.2 Å². The van der Waals surface area contributed by atoms with Crippen molar-refractivity contribution in [3.05, 3.63) is 41.1 Å². The number of benzene rings is 1. The Kier molecular flexibility index (Phi) is 4.74. The van der Waals surface area contributed by atoms with Gasteiger partial charge < -0.3 is 10.0 Å². The molecule has 1 aliphatic heterocycles. The first-order valence-electron chi connectivity index (χ1n) is 8.17. The summed E-state index contributed by atoms with van der Waals surface area (Å²) < 4.78 is 40.5. The van der Waals surface area contributed by atoms with Crippen LogP contribution >= 0.6 is 0 Å². The minimum atomic E-state index is -4.82. The second-order valence-corrected chi connectivity index (χ2v) is 6.31. The molecular formula is C18H15F3N4O2. The lowest BCUT2D eigenvalue weighted by atomic mass is 10.0. The van der Waals surface area contributed by atoms with Crippen molar-refractivity contribution in [1.82, 2.24) is 9.97 Å². The van der Waals surface area contributed by atoms with Crippen LogP contribution in [0, 0.1) is 11.3 Å². The number of carboxylic acids is 1. The summed E-state index contributed by atoms with van der Waals surface area (Å²) in [7, 11) is 0. The van der Waals surface area contributed by atoms with Gasteiger partial charge in [0.2, 0.25) is 5.95 Å². The molecule has 1 saturated heterocycles. The van der Waals surface area contributed by atoms with E-state index >= 15 is 0 Å². The zero-order valence-corrected chi connectivity index (χ0v) is 14.3. The highest BCUT2D eigenvalue weighted by molar-refractivity contribution is 5.73. The molecule has 27 heavy (non-hydrogen) atoms. The van der Waals surface area contributed by atoms with Gasteiger partial charge in [-0.15, -0.1) is 0 Å². The van der Waals surface area contributed by atoms with Gasteiger partial charge in [-0.25, -0.2) is 9.97 Å². The molecule has 1 aliphatic rings. The number of alkyl halides is 3. The summed E-state index contributed by atoms with van der Waals surface area (Å²) in [6, 6.07) is 7.57. The largest absolute Gasteiger partial charge is 0.481 e. The van der Waals surface area contributed by atoms with Crippen LogP contribution in [0.5, 0.6) is 0 Å². The summed E-state index contributed by atoms with van der Waals surface area (Å²) in [6.07, 6.45) is -4.29. The molecule has 0 aliphatic carbocycles. The molecule has 6 nitrogen and oxygen atoms in total. The Morgan fingerprint density at radius 3 is 2.67 bits per heavy atom. The number of rotatable bonds is 4. The van der Waals surface area contributed by atoms with Gasteiger partial charge in [0.15, 0.2) is 5.69 Å². The molecule has 1 aromatic heterocycles. The lowest BCUT2D eigenvalue weighted by Gasteiger charge is -2.39. The highest BCUT2D eigenvalue weighted by atomic mass is 19.4. The predicted molar refractivity (Wildman–Crippen MR) is 89.9 cm³/mol. The highest BCUT2D eigenvalue weighted by Gasteiger charge is 2.39. The Hall–Kier alpha value is -3.15. The topological polar surface area (TPSA) is 90.1 Å². The Labute approximate surface area is 152 Å². The van der Waals surface area contributed by atoms with Crippen molar-refractivity contribution in [2.45, 2.75) is 32.0 Å². The van der Waals surface area contributed by atoms with Gasteiger partial charge in [-0.3, -0.25) is 4.79 Å². The third-order valence-electron chi connectivity index (χ3n) is 4.41. The number of hydrogen-bond donors (Lipinski definition) is 1. The molecule has 0 unspecified atom stereocenters. The van der Waals surface area contributed by atoms with Crippen LogP contribution in [0.2, 0.25) is 0 Å². The van der Waals surface area contributed by atoms with Gasteiger partial charge in [0.1, 0.15) is 11.6 Å². The average molecular weight is 376 g/mol. The lowest BCUT2D eigenvalue weighted by Crippen LogP contribution is -2.47. The summed E-state index contributed by atoms with van der Waals surface area (Å²) in [5, 5.41) is 18.3. The number of nitrogens with zero attached hydrogens (tertiary/aromatic N) is 4. The molecule has 3 rings (SSSR count). The Morgan fingerprint density at radius 2 is 2.15 bits per heavy atom. The van der Waals surface area contributed by atoms with E-state index < -0.39 is 23.4 Å². The predicted octanol–water partition coefficient (Wildman–Crippen LogP) is 3.26. The number of hydrogen-bond acceptors (Lipinski definition) is 5. The van der Waals surface area contributed by atoms with Crippen LogP contribution in [0.4, 0.5) is 19.1 Å². The quantitative estimate of drug-likeness (QED) is 0.881. The zero-order valence-electron chi connectivity index (χ0n) is 14.3. The fraction of sp³-hybridized carbons (Fsp3) is 0.333. The highest BCUT2D eigenvalue weighted by Crippen LogP contribution is 2.37. The zero-order chi connectivity index (χ0) is 19.8. The third-order valence-corrected chi connectivity index (χ3v) is 4.41. The van der Waals surface area contributed by atoms with Crippen LogP contribution in [0.25, 0.3) is 11.3 Å². The number of anilines is 1. The Bertz CT molecular complexity index is 937. The van der Waals surface area contributed by atoms with Crippen LogP contribution in [0.3, 0.4) is 0 Å². The lowest BCUT2D eigenvalue weighted by molar-refractivity contribution is -0.141. The molecule has 0 radical (unpaired) electrons. The fourth-order valence-corrected chi connectivity index (χ4v) is 2.91. The molecule has 140 valence electrons. The van der Waals surface area contributed by atoms with Crippen LogP contribution in [-0.2, 0) is 17.4 Å². The maximum absolute atomic E-state index is 13.5. The second kappa shape index (κ2) is 6.87. The molecule has 1 N–H and O–H groups in total. The van der Waals surface area contributed by atoms with Gasteiger partial charge in [0.05, 0.1) is 12.1 Å². The molecule has 0 bridgehead atoms. The second-order valence-electron chi connectivity index (χ2n) is 6.31. The van der Waals surface area contributed by atoms with Gasteiger partial charge in [0, 0.05) is 18.2 Å². The Morgan fingerprint density at radius 1 is 1.41 bits per heavy atom. The number of halogens is 3. The molecule has 0 amide bonds. The summed E-state index contributed by atoms with van der Waals surface area (Å²) in [4.78, 5) is 20.4. The standard InChI is InChI=1S/C18H15F3N4O2/c1-10-5-6-25(10)17-23-15(13(9-22)16(24-17)18(19,20)21)12-4-2-3-11(7-12)8-14(26)27/h2-4,7,10H,5-6,8H2,1H3,(H,26,27)/t10-/m0/s1. The van der Waals surface area contributed by atoms with E-state index in [0.29, 0.717) is 12.1 Å². The van der Waals surface area contributed by atoms with Crippen molar-refractivity contribution in [3.63, 3.8) is 0 Å². The van der Waals surface area contributed by atoms with E-state index in [9.17, 15) is 23.2 Å². The van der Waals surface area contributed by atoms with E-state index in [1.54, 1.807) is 17.0 Å². The van der Waals surface area contributed by atoms with E-state index in [-0.39, 0.29) is 29.7 Å². The number of aliphatic carboxylic acids is 1. The van der Waals surface area contributed by atoms with E-state index in [1.807, 2.05) is 6.92 Å². The maximum atomic E-state index is 13.5. The van der Waals surface area contributed by atoms with Gasteiger partial charge in [-0.1, -0.05) is 18.2 Å². The number of carboxylic acid groups (broad SMARTS) is 1. The SMILES string of the molecule is C[C@H]1CCN1c1nc(-c2cccc(CC(=O)O)c2)c(C#N)c(C(F)(F)F)n1. The smallest absolute Gasteiger partial charge is 0.434 e. The number of carbonyl (C=O) groups is 1. The molecule has 2 aromatic rings. The molecule has 1 aromatic carbocycles. The first kappa shape index (κ1) is 18.6. The third kappa shape index (κ3) is 3.69. The molecule has 0 spiro atoms. The minimum absolute atomic E-state index is 0.00483. The monoisotopic (exact) mass is 376 g/mol. The average Bonchev–Trinajstić information content (AvgIpc) is 2.58. The van der Waals surface area contributed by atoms with Crippen molar-refractivity contribution in [2.75, 3.05) is 11.4 Å². The Balaban J connectivity index is 2.20. The maximum Gasteiger partial charge on any atom is 0.434 e. The summed E-state index contributed by atoms with van der Waals surface area (Å²) in [5.74, 6) is -1.15. The molecule has 1 atom stereocenters. The van der Waals surface area contributed by atoms with Crippen molar-refractivity contribution in [3.8, 4) is 17.3 Å². The van der Waals surface area contributed by atoms with E-state index in [4.69, 9.17) is 5.11 Å². The normalized spacial score (nSPS) is 16.6. The van der Waals surface area contributed by atoms with Crippen molar-refractivity contribution in [1.29, 1.82) is 5.26 Å². The molecular weight excluding hydrogens is 361 g/mol. The van der Waals surface area contributed by atoms with Gasteiger partial charge in [-0.05, 0) is 25.0 Å². The van der Waals surface area contributed by atoms with E-state index in [0.717, 1.165) is 6.42 Å². The summed E-state index contributed by atoms with van der Waals surface area (Å²) in [6.45, 7) is 2.38. The van der Waals surface area contributed by atoms with E-state index in [2.05, 4.69) is 9.97 Å². The van der Waals surface area contributed by atoms with E-state index in [1.165, 1.54) is 18.2 Å². The van der Waals surface area contributed by atoms with Crippen molar-refractivity contribution in [2.24, 2.45) is 0 Å². The number of aromatic nitrogens is 2. The van der Waals surface area contributed by atoms with Crippen LogP contribution < -0.4 is 4.90 Å². The first-order chi connectivity index (χ1) is 12.7. The molecule has 0 saturated carbocycles. The molecule has 1 fully saturated rings. The fourth-order valence-electron chi connectivity index (χ4n) is 2.91. The first-order valence-corrected chi connectivity index (χ1v) is 8.17. The number of nitriles is 1. The summed E-state index contributed by atoms with van der Waals surface area (Å²) in [5.41, 5.74) is -1.47. The van der Waals surface area contributed by atoms with Crippen LogP contribution in [-0.4, -0.2) is 33.6 Å². The van der Waals surface area contributed by atoms with Crippen molar-refractivity contribution >= 4 is 11.9 Å². The minimum Gasteiger partial charge on any atom is -0.481 e. The van der Waals surface area contributed by atoms with Gasteiger partial charge in [-0.2, -0.15) is 18.4 Å². The summed E-state index contributed by atoms with van der Waals surface area (Å²) >= 11 is 0. The molecule has 2 heterocycles. The van der Waals surface area contributed by atoms with Crippen LogP contribution in [0.15, 0.2) is 24.3 Å². The van der Waals surface area contributed by atoms with Crippen molar-refractivity contribution < 1.29 is 23.1 Å². The molecule has 9 heteroatoms. The van der Waals surface area contributed by atoms with Gasteiger partial charge in [0.25, 0.3) is 0 Å². The van der Waals surface area contributed by atoms with Gasteiger partial charge >= 0.3 is 12.1 Å².